The molecule has 0 N–H and O–H groups in total. The van der Waals surface area contributed by atoms with Crippen molar-refractivity contribution in [3.05, 3.63) is 114 Å². The number of hydrogen-bond acceptors (Lipinski definition) is 7. The van der Waals surface area contributed by atoms with E-state index in [1.807, 2.05) is 66.2 Å². The highest BCUT2D eigenvalue weighted by molar-refractivity contribution is 6.11. The van der Waals surface area contributed by atoms with Crippen molar-refractivity contribution < 1.29 is 9.57 Å². The van der Waals surface area contributed by atoms with Gasteiger partial charge in [-0.2, -0.15) is 10.2 Å². The Kier molecular flexibility index (Phi) is 5.65. The number of rotatable bonds is 6. The van der Waals surface area contributed by atoms with E-state index in [0.717, 1.165) is 39.8 Å². The normalized spacial score (nSPS) is 14.9. The highest BCUT2D eigenvalue weighted by Gasteiger charge is 2.39. The van der Waals surface area contributed by atoms with E-state index in [2.05, 4.69) is 51.3 Å². The van der Waals surface area contributed by atoms with E-state index in [0.29, 0.717) is 5.84 Å². The summed E-state index contributed by atoms with van der Waals surface area (Å²) >= 11 is 0. The van der Waals surface area contributed by atoms with Crippen LogP contribution in [-0.2, 0) is 4.84 Å². The smallest absolute Gasteiger partial charge is 0.237 e. The molecule has 0 spiro atoms. The Balaban J connectivity index is 1.52. The predicted molar refractivity (Wildman–Crippen MR) is 140 cm³/mol. The van der Waals surface area contributed by atoms with E-state index in [1.54, 1.807) is 18.1 Å². The fourth-order valence-corrected chi connectivity index (χ4v) is 4.48. The average molecular weight is 492 g/mol. The quantitative estimate of drug-likeness (QED) is 0.333. The second-order valence-electron chi connectivity index (χ2n) is 8.72. The van der Waals surface area contributed by atoms with Gasteiger partial charge in [-0.15, -0.1) is 0 Å². The molecule has 0 radical (unpaired) electrons. The number of aryl methyl sites for hydroxylation is 2. The first-order valence-corrected chi connectivity index (χ1v) is 11.9. The molecular weight excluding hydrogens is 466 g/mol. The highest BCUT2D eigenvalue weighted by Crippen LogP contribution is 2.39. The van der Waals surface area contributed by atoms with Gasteiger partial charge < -0.3 is 9.57 Å². The number of nitrogens with zero attached hydrogens (tertiary/aromatic N) is 7. The Labute approximate surface area is 214 Å². The maximum absolute atomic E-state index is 6.20. The lowest BCUT2D eigenvalue weighted by Crippen LogP contribution is -2.32. The number of hydrogen-bond donors (Lipinski definition) is 0. The summed E-state index contributed by atoms with van der Waals surface area (Å²) in [5.41, 5.74) is 5.54. The summed E-state index contributed by atoms with van der Waals surface area (Å²) in [4.78, 5) is 12.5. The average Bonchev–Trinajstić information content (AvgIpc) is 3.68. The first-order chi connectivity index (χ1) is 18.1. The topological polar surface area (TPSA) is 82.6 Å². The molecule has 0 fully saturated rings. The van der Waals surface area contributed by atoms with E-state index < -0.39 is 6.23 Å². The Morgan fingerprint density at radius 3 is 2.30 bits per heavy atom. The summed E-state index contributed by atoms with van der Waals surface area (Å²) in [6.07, 6.45) is 2.58. The van der Waals surface area contributed by atoms with Gasteiger partial charge in [0.15, 0.2) is 11.7 Å². The van der Waals surface area contributed by atoms with Gasteiger partial charge in [-0.05, 0) is 62.4 Å². The predicted octanol–water partition coefficient (Wildman–Crippen LogP) is 4.98. The van der Waals surface area contributed by atoms with Gasteiger partial charge in [0, 0.05) is 11.3 Å². The Morgan fingerprint density at radius 2 is 1.62 bits per heavy atom. The van der Waals surface area contributed by atoms with Gasteiger partial charge in [-0.3, -0.25) is 4.90 Å². The van der Waals surface area contributed by atoms with Crippen LogP contribution in [0.3, 0.4) is 0 Å². The van der Waals surface area contributed by atoms with Gasteiger partial charge in [0.25, 0.3) is 0 Å². The maximum atomic E-state index is 6.20. The van der Waals surface area contributed by atoms with E-state index in [1.165, 1.54) is 11.9 Å². The molecule has 0 bridgehead atoms. The van der Waals surface area contributed by atoms with Crippen molar-refractivity contribution in [2.24, 2.45) is 5.16 Å². The minimum atomic E-state index is -0.587. The van der Waals surface area contributed by atoms with Gasteiger partial charge in [-0.25, -0.2) is 14.3 Å². The van der Waals surface area contributed by atoms with Crippen molar-refractivity contribution in [3.63, 3.8) is 0 Å². The zero-order chi connectivity index (χ0) is 25.4. The second kappa shape index (κ2) is 9.27. The third kappa shape index (κ3) is 4.00. The van der Waals surface area contributed by atoms with E-state index in [4.69, 9.17) is 14.7 Å². The molecule has 37 heavy (non-hydrogen) atoms. The zero-order valence-electron chi connectivity index (χ0n) is 20.7. The van der Waals surface area contributed by atoms with Gasteiger partial charge in [-0.1, -0.05) is 41.1 Å². The molecule has 0 amide bonds. The standard InChI is InChI=1S/C28H25N7O2/c1-19-9-13-22(14-10-19)34-26(21-11-15-24(36-3)16-12-21)32-37-28(34)25-20(2)31-35(23-7-5-4-6-8-23)27(25)33-18-29-17-30-33/h4-18,28H,1-3H3. The summed E-state index contributed by atoms with van der Waals surface area (Å²) in [6.45, 7) is 4.04. The molecule has 3 aromatic carbocycles. The second-order valence-corrected chi connectivity index (χ2v) is 8.72. The largest absolute Gasteiger partial charge is 0.497 e. The molecule has 1 aliphatic rings. The van der Waals surface area contributed by atoms with Crippen LogP contribution in [0.5, 0.6) is 5.75 Å². The lowest BCUT2D eigenvalue weighted by atomic mass is 10.1. The molecule has 3 heterocycles. The van der Waals surface area contributed by atoms with Crippen molar-refractivity contribution >= 4 is 11.5 Å². The van der Waals surface area contributed by atoms with Crippen molar-refractivity contribution in [1.29, 1.82) is 0 Å². The number of ether oxygens (including phenoxy) is 1. The monoisotopic (exact) mass is 491 g/mol. The Bertz CT molecular complexity index is 1540. The number of benzene rings is 3. The van der Waals surface area contributed by atoms with Crippen LogP contribution in [0.2, 0.25) is 0 Å². The van der Waals surface area contributed by atoms with Crippen molar-refractivity contribution in [2.45, 2.75) is 20.1 Å². The third-order valence-corrected chi connectivity index (χ3v) is 6.33. The van der Waals surface area contributed by atoms with E-state index >= 15 is 0 Å². The number of anilines is 1. The lowest BCUT2D eigenvalue weighted by molar-refractivity contribution is 0.0862. The molecular formula is C28H25N7O2. The summed E-state index contributed by atoms with van der Waals surface area (Å²) in [6, 6.07) is 26.0. The van der Waals surface area contributed by atoms with Crippen molar-refractivity contribution in [2.75, 3.05) is 12.0 Å². The first kappa shape index (κ1) is 22.5. The van der Waals surface area contributed by atoms with Gasteiger partial charge in [0.05, 0.1) is 24.1 Å². The fraction of sp³-hybridized carbons (Fsp3) is 0.143. The molecule has 9 heteroatoms. The molecule has 2 aromatic heterocycles. The highest BCUT2D eigenvalue weighted by atomic mass is 16.7. The lowest BCUT2D eigenvalue weighted by Gasteiger charge is -2.26. The molecule has 1 atom stereocenters. The summed E-state index contributed by atoms with van der Waals surface area (Å²) in [7, 11) is 1.65. The summed E-state index contributed by atoms with van der Waals surface area (Å²) < 4.78 is 8.93. The number of aromatic nitrogens is 5. The SMILES string of the molecule is COc1ccc(C2=NOC(c3c(C)nn(-c4ccccc4)c3-n3cncn3)N2c2ccc(C)cc2)cc1. The summed E-state index contributed by atoms with van der Waals surface area (Å²) in [5.74, 6) is 2.19. The van der Waals surface area contributed by atoms with Crippen LogP contribution >= 0.6 is 0 Å². The molecule has 6 rings (SSSR count). The van der Waals surface area contributed by atoms with Crippen molar-refractivity contribution in [1.82, 2.24) is 24.5 Å². The summed E-state index contributed by atoms with van der Waals surface area (Å²) in [5, 5.41) is 13.9. The number of oxime groups is 1. The zero-order valence-corrected chi connectivity index (χ0v) is 20.7. The molecule has 1 aliphatic heterocycles. The molecule has 0 aliphatic carbocycles. The van der Waals surface area contributed by atoms with Crippen LogP contribution in [-0.4, -0.2) is 37.5 Å². The minimum Gasteiger partial charge on any atom is -0.497 e. The van der Waals surface area contributed by atoms with Crippen LogP contribution in [0.1, 0.15) is 28.6 Å². The van der Waals surface area contributed by atoms with Gasteiger partial charge in [0.2, 0.25) is 6.23 Å². The van der Waals surface area contributed by atoms with Crippen LogP contribution in [0.15, 0.2) is 96.7 Å². The molecule has 0 saturated heterocycles. The van der Waals surface area contributed by atoms with Crippen LogP contribution in [0.25, 0.3) is 11.5 Å². The van der Waals surface area contributed by atoms with Gasteiger partial charge in [0.1, 0.15) is 18.4 Å². The van der Waals surface area contributed by atoms with Crippen LogP contribution < -0.4 is 9.64 Å². The molecule has 5 aromatic rings. The number of methoxy groups -OCH3 is 1. The van der Waals surface area contributed by atoms with Crippen molar-refractivity contribution in [3.8, 4) is 17.3 Å². The number of para-hydroxylation sites is 1. The fourth-order valence-electron chi connectivity index (χ4n) is 4.48. The first-order valence-electron chi connectivity index (χ1n) is 11.9. The van der Waals surface area contributed by atoms with Gasteiger partial charge >= 0.3 is 0 Å². The van der Waals surface area contributed by atoms with Crippen LogP contribution in [0.4, 0.5) is 5.69 Å². The van der Waals surface area contributed by atoms with E-state index in [-0.39, 0.29) is 0 Å². The van der Waals surface area contributed by atoms with E-state index in [9.17, 15) is 0 Å². The maximum Gasteiger partial charge on any atom is 0.237 e. The third-order valence-electron chi connectivity index (χ3n) is 6.33. The molecule has 0 saturated carbocycles. The Morgan fingerprint density at radius 1 is 0.865 bits per heavy atom. The minimum absolute atomic E-state index is 0.587. The molecule has 9 nitrogen and oxygen atoms in total. The van der Waals surface area contributed by atoms with Crippen LogP contribution in [0, 0.1) is 13.8 Å². The molecule has 1 unspecified atom stereocenters. The molecule has 184 valence electrons. The Hall–Kier alpha value is -4.92. The number of amidine groups is 1.